The Morgan fingerprint density at radius 1 is 1.32 bits per heavy atom. The van der Waals surface area contributed by atoms with Gasteiger partial charge in [-0.1, -0.05) is 6.07 Å². The molecule has 3 rings (SSSR count). The molecule has 0 radical (unpaired) electrons. The number of halogens is 1. The standard InChI is InChI=1S/C12H12BrNO2S3/c13-11-5-6-12(18-11)19(15,16)14-7-1-3-9(14)10-4-2-8-17-10/h2,4-6,8-9H,1,3,7H2/t9-/m1/s1. The lowest BCUT2D eigenvalue weighted by Gasteiger charge is -2.22. The Morgan fingerprint density at radius 3 is 2.79 bits per heavy atom. The molecule has 19 heavy (non-hydrogen) atoms. The highest BCUT2D eigenvalue weighted by molar-refractivity contribution is 9.11. The van der Waals surface area contributed by atoms with Crippen LogP contribution in [0.15, 0.2) is 37.6 Å². The fourth-order valence-electron chi connectivity index (χ4n) is 2.34. The topological polar surface area (TPSA) is 37.4 Å². The Labute approximate surface area is 129 Å². The summed E-state index contributed by atoms with van der Waals surface area (Å²) in [6.07, 6.45) is 1.83. The van der Waals surface area contributed by atoms with Crippen molar-refractivity contribution >= 4 is 48.6 Å². The Bertz CT molecular complexity index is 663. The summed E-state index contributed by atoms with van der Waals surface area (Å²) in [5.74, 6) is 0. The van der Waals surface area contributed by atoms with Crippen LogP contribution in [0.5, 0.6) is 0 Å². The summed E-state index contributed by atoms with van der Waals surface area (Å²) in [6, 6.07) is 7.46. The van der Waals surface area contributed by atoms with Crippen LogP contribution in [0.4, 0.5) is 0 Å². The minimum Gasteiger partial charge on any atom is -0.206 e. The molecular weight excluding hydrogens is 366 g/mol. The second-order valence-corrected chi connectivity index (χ2v) is 9.91. The molecule has 0 spiro atoms. The van der Waals surface area contributed by atoms with Crippen LogP contribution in [0, 0.1) is 0 Å². The third kappa shape index (κ3) is 2.54. The minimum absolute atomic E-state index is 0.00544. The van der Waals surface area contributed by atoms with Gasteiger partial charge >= 0.3 is 0 Å². The van der Waals surface area contributed by atoms with Gasteiger partial charge in [0.05, 0.1) is 9.83 Å². The average Bonchev–Trinajstić information content (AvgIpc) is 3.09. The molecule has 0 aromatic carbocycles. The first-order valence-electron chi connectivity index (χ1n) is 5.89. The Morgan fingerprint density at radius 2 is 2.16 bits per heavy atom. The molecule has 1 aliphatic heterocycles. The van der Waals surface area contributed by atoms with E-state index in [4.69, 9.17) is 0 Å². The second-order valence-electron chi connectivity index (χ2n) is 4.35. The predicted octanol–water partition coefficient (Wildman–Crippen LogP) is 4.10. The highest BCUT2D eigenvalue weighted by Crippen LogP contribution is 2.40. The zero-order chi connectivity index (χ0) is 13.5. The molecule has 0 bridgehead atoms. The first kappa shape index (κ1) is 13.8. The number of hydrogen-bond acceptors (Lipinski definition) is 4. The van der Waals surface area contributed by atoms with E-state index in [9.17, 15) is 8.42 Å². The Balaban J connectivity index is 1.96. The van der Waals surface area contributed by atoms with E-state index in [1.165, 1.54) is 11.3 Å². The second kappa shape index (κ2) is 5.29. The summed E-state index contributed by atoms with van der Waals surface area (Å²) in [6.45, 7) is 0.612. The third-order valence-corrected chi connectivity index (χ3v) is 8.16. The molecule has 7 heteroatoms. The largest absolute Gasteiger partial charge is 0.253 e. The molecular formula is C12H12BrNO2S3. The van der Waals surface area contributed by atoms with Crippen molar-refractivity contribution in [1.29, 1.82) is 0 Å². The van der Waals surface area contributed by atoms with E-state index in [2.05, 4.69) is 15.9 Å². The number of thiophene rings is 2. The van der Waals surface area contributed by atoms with Gasteiger partial charge in [-0.3, -0.25) is 0 Å². The van der Waals surface area contributed by atoms with Gasteiger partial charge in [-0.15, -0.1) is 22.7 Å². The fourth-order valence-corrected chi connectivity index (χ4v) is 7.10. The van der Waals surface area contributed by atoms with Gasteiger partial charge in [-0.25, -0.2) is 8.42 Å². The lowest BCUT2D eigenvalue weighted by molar-refractivity contribution is 0.402. The van der Waals surface area contributed by atoms with E-state index in [0.29, 0.717) is 10.8 Å². The van der Waals surface area contributed by atoms with Crippen LogP contribution in [-0.2, 0) is 10.0 Å². The van der Waals surface area contributed by atoms with E-state index in [0.717, 1.165) is 21.5 Å². The van der Waals surface area contributed by atoms with Gasteiger partial charge < -0.3 is 0 Å². The number of sulfonamides is 1. The van der Waals surface area contributed by atoms with Crippen molar-refractivity contribution in [2.24, 2.45) is 0 Å². The lowest BCUT2D eigenvalue weighted by Crippen LogP contribution is -2.29. The summed E-state index contributed by atoms with van der Waals surface area (Å²) in [5.41, 5.74) is 0. The fraction of sp³-hybridized carbons (Fsp3) is 0.333. The SMILES string of the molecule is O=S(=O)(c1ccc(Br)s1)N1CCC[C@@H]1c1cccs1. The molecule has 0 unspecified atom stereocenters. The molecule has 0 aliphatic carbocycles. The molecule has 0 amide bonds. The van der Waals surface area contributed by atoms with Gasteiger partial charge in [0.15, 0.2) is 0 Å². The van der Waals surface area contributed by atoms with Gasteiger partial charge in [-0.2, -0.15) is 4.31 Å². The molecule has 1 aliphatic rings. The maximum Gasteiger partial charge on any atom is 0.253 e. The van der Waals surface area contributed by atoms with Gasteiger partial charge in [0.2, 0.25) is 0 Å². The molecule has 2 aromatic heterocycles. The van der Waals surface area contributed by atoms with Crippen LogP contribution in [-0.4, -0.2) is 19.3 Å². The number of nitrogens with zero attached hydrogens (tertiary/aromatic N) is 1. The molecule has 2 aromatic rings. The first-order valence-corrected chi connectivity index (χ1v) is 9.82. The molecule has 3 heterocycles. The van der Waals surface area contributed by atoms with Crippen molar-refractivity contribution in [3.8, 4) is 0 Å². The normalized spacial score (nSPS) is 21.0. The maximum atomic E-state index is 12.7. The molecule has 0 saturated carbocycles. The van der Waals surface area contributed by atoms with E-state index < -0.39 is 10.0 Å². The average molecular weight is 378 g/mol. The van der Waals surface area contributed by atoms with Crippen LogP contribution < -0.4 is 0 Å². The van der Waals surface area contributed by atoms with Crippen LogP contribution in [0.2, 0.25) is 0 Å². The van der Waals surface area contributed by atoms with E-state index in [1.807, 2.05) is 17.5 Å². The Kier molecular flexibility index (Phi) is 3.83. The zero-order valence-corrected chi connectivity index (χ0v) is 14.0. The van der Waals surface area contributed by atoms with E-state index in [1.54, 1.807) is 27.8 Å². The van der Waals surface area contributed by atoms with Gasteiger partial charge in [0.1, 0.15) is 4.21 Å². The molecule has 1 fully saturated rings. The maximum absolute atomic E-state index is 12.7. The van der Waals surface area contributed by atoms with Crippen molar-refractivity contribution in [2.45, 2.75) is 23.1 Å². The summed E-state index contributed by atoms with van der Waals surface area (Å²) in [5, 5.41) is 2.00. The smallest absolute Gasteiger partial charge is 0.206 e. The molecule has 1 atom stereocenters. The summed E-state index contributed by atoms with van der Waals surface area (Å²) in [7, 11) is -3.36. The van der Waals surface area contributed by atoms with Crippen molar-refractivity contribution < 1.29 is 8.42 Å². The van der Waals surface area contributed by atoms with E-state index in [-0.39, 0.29) is 6.04 Å². The Hall–Kier alpha value is -0.210. The van der Waals surface area contributed by atoms with Crippen molar-refractivity contribution in [3.05, 3.63) is 38.3 Å². The van der Waals surface area contributed by atoms with Gasteiger partial charge in [-0.05, 0) is 52.4 Å². The highest BCUT2D eigenvalue weighted by Gasteiger charge is 2.37. The van der Waals surface area contributed by atoms with Gasteiger partial charge in [0, 0.05) is 11.4 Å². The monoisotopic (exact) mass is 377 g/mol. The number of rotatable bonds is 3. The van der Waals surface area contributed by atoms with Crippen molar-refractivity contribution in [2.75, 3.05) is 6.54 Å². The molecule has 1 saturated heterocycles. The quantitative estimate of drug-likeness (QED) is 0.807. The van der Waals surface area contributed by atoms with Crippen molar-refractivity contribution in [3.63, 3.8) is 0 Å². The van der Waals surface area contributed by atoms with Crippen LogP contribution in [0.1, 0.15) is 23.8 Å². The molecule has 0 N–H and O–H groups in total. The lowest BCUT2D eigenvalue weighted by atomic mass is 10.2. The predicted molar refractivity (Wildman–Crippen MR) is 82.2 cm³/mol. The summed E-state index contributed by atoms with van der Waals surface area (Å²) >= 11 is 6.22. The van der Waals surface area contributed by atoms with Crippen LogP contribution in [0.25, 0.3) is 0 Å². The highest BCUT2D eigenvalue weighted by atomic mass is 79.9. The van der Waals surface area contributed by atoms with E-state index >= 15 is 0 Å². The third-order valence-electron chi connectivity index (χ3n) is 3.19. The molecule has 102 valence electrons. The van der Waals surface area contributed by atoms with Crippen molar-refractivity contribution in [1.82, 2.24) is 4.31 Å². The number of hydrogen-bond donors (Lipinski definition) is 0. The minimum atomic E-state index is -3.36. The first-order chi connectivity index (χ1) is 9.09. The van der Waals surface area contributed by atoms with Crippen LogP contribution >= 0.6 is 38.6 Å². The van der Waals surface area contributed by atoms with Gasteiger partial charge in [0.25, 0.3) is 10.0 Å². The molecule has 3 nitrogen and oxygen atoms in total. The van der Waals surface area contributed by atoms with Crippen LogP contribution in [0.3, 0.4) is 0 Å². The summed E-state index contributed by atoms with van der Waals surface area (Å²) in [4.78, 5) is 1.14. The summed E-state index contributed by atoms with van der Waals surface area (Å²) < 4.78 is 28.3. The zero-order valence-electron chi connectivity index (χ0n) is 9.95.